The van der Waals surface area contributed by atoms with Crippen LogP contribution in [-0.2, 0) is 17.9 Å². The highest BCUT2D eigenvalue weighted by Crippen LogP contribution is 2.17. The van der Waals surface area contributed by atoms with Crippen LogP contribution in [0, 0.1) is 6.92 Å². The molecule has 0 atom stereocenters. The third kappa shape index (κ3) is 5.71. The molecule has 1 amide bonds. The minimum absolute atomic E-state index is 0.0728. The van der Waals surface area contributed by atoms with Crippen LogP contribution >= 0.6 is 0 Å². The molecule has 0 radical (unpaired) electrons. The zero-order chi connectivity index (χ0) is 18.9. The molecule has 0 N–H and O–H groups in total. The van der Waals surface area contributed by atoms with E-state index in [1.54, 1.807) is 23.6 Å². The summed E-state index contributed by atoms with van der Waals surface area (Å²) in [5.41, 5.74) is 2.09. The number of pyridine rings is 1. The summed E-state index contributed by atoms with van der Waals surface area (Å²) in [6.07, 6.45) is 6.22. The van der Waals surface area contributed by atoms with Crippen molar-refractivity contribution in [2.24, 2.45) is 0 Å². The van der Waals surface area contributed by atoms with Gasteiger partial charge in [0.25, 0.3) is 0 Å². The first kappa shape index (κ1) is 18.7. The van der Waals surface area contributed by atoms with Crippen LogP contribution in [-0.4, -0.2) is 22.4 Å². The first-order valence-corrected chi connectivity index (χ1v) is 9.10. The van der Waals surface area contributed by atoms with Gasteiger partial charge >= 0.3 is 0 Å². The number of nitrogens with zero attached hydrogens (tertiary/aromatic N) is 2. The summed E-state index contributed by atoms with van der Waals surface area (Å²) < 4.78 is 11.2. The molecule has 0 unspecified atom stereocenters. The summed E-state index contributed by atoms with van der Waals surface area (Å²) in [6, 6.07) is 15.5. The minimum Gasteiger partial charge on any atom is -0.493 e. The van der Waals surface area contributed by atoms with Gasteiger partial charge in [-0.3, -0.25) is 9.78 Å². The molecule has 3 rings (SSSR count). The van der Waals surface area contributed by atoms with Crippen LogP contribution in [0.2, 0.25) is 0 Å². The quantitative estimate of drug-likeness (QED) is 0.529. The van der Waals surface area contributed by atoms with Crippen molar-refractivity contribution in [1.29, 1.82) is 0 Å². The van der Waals surface area contributed by atoms with E-state index in [2.05, 4.69) is 4.98 Å². The molecule has 2 heterocycles. The van der Waals surface area contributed by atoms with Gasteiger partial charge in [-0.15, -0.1) is 0 Å². The van der Waals surface area contributed by atoms with Crippen LogP contribution in [0.5, 0.6) is 5.75 Å². The van der Waals surface area contributed by atoms with Gasteiger partial charge < -0.3 is 14.1 Å². The molecule has 0 saturated heterocycles. The lowest BCUT2D eigenvalue weighted by molar-refractivity contribution is -0.133. The van der Waals surface area contributed by atoms with Crippen LogP contribution in [0.1, 0.15) is 29.7 Å². The van der Waals surface area contributed by atoms with E-state index < -0.39 is 0 Å². The maximum Gasteiger partial charge on any atom is 0.223 e. The van der Waals surface area contributed by atoms with Gasteiger partial charge in [-0.2, -0.15) is 0 Å². The van der Waals surface area contributed by atoms with E-state index in [-0.39, 0.29) is 5.91 Å². The molecule has 2 aromatic heterocycles. The molecule has 27 heavy (non-hydrogen) atoms. The van der Waals surface area contributed by atoms with E-state index in [1.807, 2.05) is 55.5 Å². The van der Waals surface area contributed by atoms with E-state index in [0.717, 1.165) is 22.6 Å². The number of benzene rings is 1. The Morgan fingerprint density at radius 1 is 1.11 bits per heavy atom. The number of ether oxygens (including phenoxy) is 1. The van der Waals surface area contributed by atoms with E-state index >= 15 is 0 Å². The van der Waals surface area contributed by atoms with Crippen LogP contribution in [0.15, 0.2) is 71.6 Å². The third-order valence-corrected chi connectivity index (χ3v) is 4.26. The topological polar surface area (TPSA) is 55.6 Å². The van der Waals surface area contributed by atoms with Crippen molar-refractivity contribution in [2.45, 2.75) is 32.9 Å². The fourth-order valence-corrected chi connectivity index (χ4v) is 2.82. The normalized spacial score (nSPS) is 10.6. The fourth-order valence-electron chi connectivity index (χ4n) is 2.82. The van der Waals surface area contributed by atoms with Crippen molar-refractivity contribution in [1.82, 2.24) is 9.88 Å². The Labute approximate surface area is 159 Å². The number of rotatable bonds is 9. The second-order valence-corrected chi connectivity index (χ2v) is 6.41. The predicted octanol–water partition coefficient (Wildman–Crippen LogP) is 4.37. The van der Waals surface area contributed by atoms with Crippen LogP contribution in [0.3, 0.4) is 0 Å². The standard InChI is InChI=1S/C22H24N2O3/c1-18-7-2-3-10-21(18)27-14-6-11-22(25)24(17-20-9-5-13-26-20)16-19-8-4-12-23-15-19/h2-5,7-10,12-13,15H,6,11,14,16-17H2,1H3. The molecule has 0 bridgehead atoms. The second kappa shape index (κ2) is 9.57. The van der Waals surface area contributed by atoms with Gasteiger partial charge in [0.2, 0.25) is 5.91 Å². The predicted molar refractivity (Wildman–Crippen MR) is 103 cm³/mol. The monoisotopic (exact) mass is 364 g/mol. The lowest BCUT2D eigenvalue weighted by atomic mass is 10.2. The van der Waals surface area contributed by atoms with Crippen molar-refractivity contribution < 1.29 is 13.9 Å². The lowest BCUT2D eigenvalue weighted by Crippen LogP contribution is -2.30. The Hall–Kier alpha value is -3.08. The van der Waals surface area contributed by atoms with Gasteiger partial charge in [0.05, 0.1) is 19.4 Å². The number of hydrogen-bond acceptors (Lipinski definition) is 4. The van der Waals surface area contributed by atoms with Crippen LogP contribution in [0.25, 0.3) is 0 Å². The van der Waals surface area contributed by atoms with Gasteiger partial charge in [0, 0.05) is 25.4 Å². The number of aryl methyl sites for hydroxylation is 1. The number of aromatic nitrogens is 1. The maximum atomic E-state index is 12.8. The highest BCUT2D eigenvalue weighted by Gasteiger charge is 2.16. The molecule has 5 heteroatoms. The van der Waals surface area contributed by atoms with Gasteiger partial charge in [-0.05, 0) is 48.7 Å². The number of carbonyl (C=O) groups is 1. The molecule has 0 aliphatic rings. The zero-order valence-corrected chi connectivity index (χ0v) is 15.5. The minimum atomic E-state index is 0.0728. The number of furan rings is 1. The van der Waals surface area contributed by atoms with Gasteiger partial charge in [-0.25, -0.2) is 0 Å². The van der Waals surface area contributed by atoms with Crippen LogP contribution < -0.4 is 4.74 Å². The Bertz CT molecular complexity index is 832. The molecule has 0 saturated carbocycles. The molecular weight excluding hydrogens is 340 g/mol. The van der Waals surface area contributed by atoms with E-state index in [4.69, 9.17) is 9.15 Å². The summed E-state index contributed by atoms with van der Waals surface area (Å²) >= 11 is 0. The summed E-state index contributed by atoms with van der Waals surface area (Å²) in [7, 11) is 0. The molecule has 3 aromatic rings. The summed E-state index contributed by atoms with van der Waals surface area (Å²) in [5, 5.41) is 0. The zero-order valence-electron chi connectivity index (χ0n) is 15.5. The number of para-hydroxylation sites is 1. The number of hydrogen-bond donors (Lipinski definition) is 0. The van der Waals surface area contributed by atoms with Gasteiger partial charge in [0.1, 0.15) is 11.5 Å². The van der Waals surface area contributed by atoms with E-state index in [9.17, 15) is 4.79 Å². The number of carbonyl (C=O) groups excluding carboxylic acids is 1. The van der Waals surface area contributed by atoms with Gasteiger partial charge in [0.15, 0.2) is 0 Å². The van der Waals surface area contributed by atoms with E-state index in [1.165, 1.54) is 0 Å². The molecular formula is C22H24N2O3. The van der Waals surface area contributed by atoms with Crippen molar-refractivity contribution in [3.8, 4) is 5.75 Å². The Morgan fingerprint density at radius 2 is 2.00 bits per heavy atom. The van der Waals surface area contributed by atoms with Gasteiger partial charge in [-0.1, -0.05) is 24.3 Å². The summed E-state index contributed by atoms with van der Waals surface area (Å²) in [5.74, 6) is 1.71. The molecule has 0 fully saturated rings. The van der Waals surface area contributed by atoms with Crippen LogP contribution in [0.4, 0.5) is 0 Å². The van der Waals surface area contributed by atoms with Crippen molar-refractivity contribution in [3.05, 3.63) is 84.1 Å². The molecule has 1 aromatic carbocycles. The SMILES string of the molecule is Cc1ccccc1OCCCC(=O)N(Cc1cccnc1)Cc1ccco1. The highest BCUT2D eigenvalue weighted by atomic mass is 16.5. The average Bonchev–Trinajstić information content (AvgIpc) is 3.20. The summed E-state index contributed by atoms with van der Waals surface area (Å²) in [6.45, 7) is 3.48. The maximum absolute atomic E-state index is 12.8. The first-order chi connectivity index (χ1) is 13.2. The second-order valence-electron chi connectivity index (χ2n) is 6.41. The first-order valence-electron chi connectivity index (χ1n) is 9.10. The summed E-state index contributed by atoms with van der Waals surface area (Å²) in [4.78, 5) is 18.7. The third-order valence-electron chi connectivity index (χ3n) is 4.26. The van der Waals surface area contributed by atoms with Crippen molar-refractivity contribution in [3.63, 3.8) is 0 Å². The number of amides is 1. The Morgan fingerprint density at radius 3 is 2.74 bits per heavy atom. The Kier molecular flexibility index (Phi) is 6.63. The molecule has 0 spiro atoms. The lowest BCUT2D eigenvalue weighted by Gasteiger charge is -2.22. The van der Waals surface area contributed by atoms with Crippen molar-refractivity contribution >= 4 is 5.91 Å². The molecule has 0 aliphatic carbocycles. The molecule has 140 valence electrons. The Balaban J connectivity index is 1.54. The molecule has 0 aliphatic heterocycles. The largest absolute Gasteiger partial charge is 0.493 e. The smallest absolute Gasteiger partial charge is 0.223 e. The molecule has 5 nitrogen and oxygen atoms in total. The fraction of sp³-hybridized carbons (Fsp3) is 0.273. The van der Waals surface area contributed by atoms with E-state index in [0.29, 0.717) is 32.5 Å². The highest BCUT2D eigenvalue weighted by molar-refractivity contribution is 5.76. The average molecular weight is 364 g/mol. The van der Waals surface area contributed by atoms with Crippen molar-refractivity contribution in [2.75, 3.05) is 6.61 Å².